The first-order valence-electron chi connectivity index (χ1n) is 8.37. The average molecular weight is 350 g/mol. The second kappa shape index (κ2) is 8.71. The third kappa shape index (κ3) is 5.11. The number of nitrogens with zero attached hydrogens (tertiary/aromatic N) is 2. The minimum absolute atomic E-state index is 0.248. The van der Waals surface area contributed by atoms with Gasteiger partial charge in [0.15, 0.2) is 0 Å². The molecule has 0 spiro atoms. The topological polar surface area (TPSA) is 66.9 Å². The highest BCUT2D eigenvalue weighted by atomic mass is 19.1. The molecule has 0 radical (unpaired) electrons. The Morgan fingerprint density at radius 3 is 2.54 bits per heavy atom. The number of aromatic nitrogens is 2. The van der Waals surface area contributed by atoms with Gasteiger partial charge in [-0.25, -0.2) is 14.4 Å². The third-order valence-electron chi connectivity index (χ3n) is 3.79. The van der Waals surface area contributed by atoms with E-state index in [1.165, 1.54) is 24.0 Å². The Bertz CT molecular complexity index is 853. The lowest BCUT2D eigenvalue weighted by molar-refractivity contribution is 0.0948. The zero-order chi connectivity index (χ0) is 18.2. The van der Waals surface area contributed by atoms with E-state index in [1.54, 1.807) is 18.2 Å². The van der Waals surface area contributed by atoms with Gasteiger partial charge in [0.1, 0.15) is 23.7 Å². The molecule has 26 heavy (non-hydrogen) atoms. The predicted molar refractivity (Wildman–Crippen MR) is 98.8 cm³/mol. The van der Waals surface area contributed by atoms with Crippen molar-refractivity contribution in [2.24, 2.45) is 0 Å². The number of anilines is 2. The van der Waals surface area contributed by atoms with Crippen molar-refractivity contribution in [2.45, 2.75) is 12.8 Å². The number of halogens is 1. The van der Waals surface area contributed by atoms with Gasteiger partial charge in [0, 0.05) is 18.3 Å². The Hall–Kier alpha value is -3.28. The van der Waals surface area contributed by atoms with Crippen LogP contribution in [0.2, 0.25) is 0 Å². The number of hydrogen-bond donors (Lipinski definition) is 2. The first-order chi connectivity index (χ1) is 12.7. The summed E-state index contributed by atoms with van der Waals surface area (Å²) in [5.74, 6) is -0.0857. The van der Waals surface area contributed by atoms with E-state index in [0.29, 0.717) is 18.1 Å². The van der Waals surface area contributed by atoms with Crippen LogP contribution in [0.15, 0.2) is 67.0 Å². The quantitative estimate of drug-likeness (QED) is 0.637. The largest absolute Gasteiger partial charge is 0.351 e. The standard InChI is InChI=1S/C20H19FN4O/c21-16-8-10-17(11-9-16)25-19-13-18(23-14-24-19)20(26)22-12-4-7-15-5-2-1-3-6-15/h1-3,5-6,8-11,13-14H,4,7,12H2,(H,22,26)(H,23,24,25). The van der Waals surface area contributed by atoms with Crippen LogP contribution < -0.4 is 10.6 Å². The maximum atomic E-state index is 12.9. The fourth-order valence-electron chi connectivity index (χ4n) is 2.46. The van der Waals surface area contributed by atoms with Gasteiger partial charge in [-0.3, -0.25) is 4.79 Å². The predicted octanol–water partition coefficient (Wildman–Crippen LogP) is 3.72. The van der Waals surface area contributed by atoms with Crippen LogP contribution in [0.3, 0.4) is 0 Å². The normalized spacial score (nSPS) is 10.3. The summed E-state index contributed by atoms with van der Waals surface area (Å²) in [5, 5.41) is 5.88. The molecule has 6 heteroatoms. The van der Waals surface area contributed by atoms with Crippen LogP contribution in [0.5, 0.6) is 0 Å². The van der Waals surface area contributed by atoms with Crippen molar-refractivity contribution in [1.29, 1.82) is 0 Å². The smallest absolute Gasteiger partial charge is 0.270 e. The van der Waals surface area contributed by atoms with Gasteiger partial charge in [0.25, 0.3) is 5.91 Å². The van der Waals surface area contributed by atoms with Gasteiger partial charge in [-0.05, 0) is 42.7 Å². The van der Waals surface area contributed by atoms with E-state index in [0.717, 1.165) is 12.8 Å². The monoisotopic (exact) mass is 350 g/mol. The van der Waals surface area contributed by atoms with E-state index in [9.17, 15) is 9.18 Å². The number of hydrogen-bond acceptors (Lipinski definition) is 4. The number of aryl methyl sites for hydroxylation is 1. The van der Waals surface area contributed by atoms with Gasteiger partial charge >= 0.3 is 0 Å². The van der Waals surface area contributed by atoms with Gasteiger partial charge in [-0.1, -0.05) is 30.3 Å². The van der Waals surface area contributed by atoms with E-state index in [4.69, 9.17) is 0 Å². The van der Waals surface area contributed by atoms with Crippen LogP contribution in [0.4, 0.5) is 15.9 Å². The molecule has 0 atom stereocenters. The summed E-state index contributed by atoms with van der Waals surface area (Å²) in [7, 11) is 0. The number of rotatable bonds is 7. The molecule has 3 aromatic rings. The lowest BCUT2D eigenvalue weighted by Gasteiger charge is -2.08. The van der Waals surface area contributed by atoms with Crippen LogP contribution in [-0.2, 0) is 6.42 Å². The molecule has 1 aromatic heterocycles. The van der Waals surface area contributed by atoms with Gasteiger partial charge in [-0.2, -0.15) is 0 Å². The molecule has 0 aliphatic heterocycles. The molecule has 0 saturated carbocycles. The molecule has 0 fully saturated rings. The summed E-state index contributed by atoms with van der Waals surface area (Å²) in [4.78, 5) is 20.3. The van der Waals surface area contributed by atoms with Gasteiger partial charge in [0.2, 0.25) is 0 Å². The summed E-state index contributed by atoms with van der Waals surface area (Å²) in [6, 6.07) is 17.6. The van der Waals surface area contributed by atoms with Crippen molar-refractivity contribution in [3.63, 3.8) is 0 Å². The molecule has 3 rings (SSSR count). The molecule has 1 amide bonds. The summed E-state index contributed by atoms with van der Waals surface area (Å²) >= 11 is 0. The summed E-state index contributed by atoms with van der Waals surface area (Å²) in [5.41, 5.74) is 2.21. The molecule has 0 aliphatic carbocycles. The summed E-state index contributed by atoms with van der Waals surface area (Å²) in [6.45, 7) is 0.568. The molecule has 0 bridgehead atoms. The molecule has 2 N–H and O–H groups in total. The Morgan fingerprint density at radius 1 is 1.00 bits per heavy atom. The highest BCUT2D eigenvalue weighted by Crippen LogP contribution is 2.15. The van der Waals surface area contributed by atoms with Gasteiger partial charge < -0.3 is 10.6 Å². The lowest BCUT2D eigenvalue weighted by Crippen LogP contribution is -2.25. The molecule has 5 nitrogen and oxygen atoms in total. The number of carbonyl (C=O) groups is 1. The van der Waals surface area contributed by atoms with Gasteiger partial charge in [0.05, 0.1) is 0 Å². The van der Waals surface area contributed by atoms with E-state index < -0.39 is 0 Å². The second-order valence-corrected chi connectivity index (χ2v) is 5.77. The SMILES string of the molecule is O=C(NCCCc1ccccc1)c1cc(Nc2ccc(F)cc2)ncn1. The maximum Gasteiger partial charge on any atom is 0.270 e. The Labute approximate surface area is 151 Å². The van der Waals surface area contributed by atoms with Crippen molar-refractivity contribution >= 4 is 17.4 Å². The van der Waals surface area contributed by atoms with Crippen LogP contribution >= 0.6 is 0 Å². The van der Waals surface area contributed by atoms with Crippen molar-refractivity contribution in [3.8, 4) is 0 Å². The molecular weight excluding hydrogens is 331 g/mol. The average Bonchev–Trinajstić information content (AvgIpc) is 2.68. The summed E-state index contributed by atoms with van der Waals surface area (Å²) < 4.78 is 12.9. The zero-order valence-corrected chi connectivity index (χ0v) is 14.2. The highest BCUT2D eigenvalue weighted by Gasteiger charge is 2.08. The summed E-state index contributed by atoms with van der Waals surface area (Å²) in [6.07, 6.45) is 3.08. The first-order valence-corrected chi connectivity index (χ1v) is 8.37. The molecule has 2 aromatic carbocycles. The molecule has 1 heterocycles. The molecular formula is C20H19FN4O. The lowest BCUT2D eigenvalue weighted by atomic mass is 10.1. The third-order valence-corrected chi connectivity index (χ3v) is 3.79. The zero-order valence-electron chi connectivity index (χ0n) is 14.2. The van der Waals surface area contributed by atoms with Gasteiger partial charge in [-0.15, -0.1) is 0 Å². The number of carbonyl (C=O) groups excluding carboxylic acids is 1. The number of nitrogens with one attached hydrogen (secondary N) is 2. The Kier molecular flexibility index (Phi) is 5.88. The fraction of sp³-hybridized carbons (Fsp3) is 0.150. The maximum absolute atomic E-state index is 12.9. The van der Waals surface area contributed by atoms with Crippen molar-refractivity contribution in [3.05, 3.63) is 84.1 Å². The minimum atomic E-state index is -0.311. The number of benzene rings is 2. The van der Waals surface area contributed by atoms with E-state index in [1.807, 2.05) is 18.2 Å². The Balaban J connectivity index is 1.52. The van der Waals surface area contributed by atoms with E-state index in [-0.39, 0.29) is 17.4 Å². The van der Waals surface area contributed by atoms with Crippen molar-refractivity contribution in [2.75, 3.05) is 11.9 Å². The van der Waals surface area contributed by atoms with Crippen LogP contribution in [-0.4, -0.2) is 22.4 Å². The van der Waals surface area contributed by atoms with Crippen LogP contribution in [0.1, 0.15) is 22.5 Å². The molecule has 132 valence electrons. The van der Waals surface area contributed by atoms with E-state index in [2.05, 4.69) is 32.7 Å². The fourth-order valence-corrected chi connectivity index (χ4v) is 2.46. The Morgan fingerprint density at radius 2 is 1.77 bits per heavy atom. The van der Waals surface area contributed by atoms with E-state index >= 15 is 0 Å². The second-order valence-electron chi connectivity index (χ2n) is 5.77. The number of amides is 1. The van der Waals surface area contributed by atoms with Crippen molar-refractivity contribution in [1.82, 2.24) is 15.3 Å². The molecule has 0 aliphatic rings. The van der Waals surface area contributed by atoms with Crippen molar-refractivity contribution < 1.29 is 9.18 Å². The highest BCUT2D eigenvalue weighted by molar-refractivity contribution is 5.92. The minimum Gasteiger partial charge on any atom is -0.351 e. The molecule has 0 saturated heterocycles. The van der Waals surface area contributed by atoms with Crippen LogP contribution in [0, 0.1) is 5.82 Å². The first kappa shape index (κ1) is 17.5. The van der Waals surface area contributed by atoms with Crippen LogP contribution in [0.25, 0.3) is 0 Å². The molecule has 0 unspecified atom stereocenters.